The van der Waals surface area contributed by atoms with Gasteiger partial charge in [-0.2, -0.15) is 5.10 Å². The lowest BCUT2D eigenvalue weighted by Gasteiger charge is -2.17. The van der Waals surface area contributed by atoms with Gasteiger partial charge >= 0.3 is 5.69 Å². The number of hydrogen-bond acceptors (Lipinski definition) is 4. The number of hydrogen-bond donors (Lipinski definition) is 1. The zero-order chi connectivity index (χ0) is 22.8. The van der Waals surface area contributed by atoms with E-state index < -0.39 is 0 Å². The average molecular weight is 439 g/mol. The normalized spacial score (nSPS) is 16.1. The Hall–Kier alpha value is -3.36. The highest BCUT2D eigenvalue weighted by atomic mass is 16.2. The van der Waals surface area contributed by atoms with E-state index in [9.17, 15) is 14.4 Å². The summed E-state index contributed by atoms with van der Waals surface area (Å²) >= 11 is 0. The van der Waals surface area contributed by atoms with E-state index in [1.165, 1.54) is 0 Å². The van der Waals surface area contributed by atoms with Gasteiger partial charge in [0.2, 0.25) is 5.91 Å². The molecule has 3 aromatic rings. The molecule has 1 aliphatic heterocycles. The number of nitrogens with one attached hydrogen (secondary N) is 1. The molecule has 1 atom stereocenters. The molecule has 2 aromatic heterocycles. The predicted octanol–water partition coefficient (Wildman–Crippen LogP) is 1.63. The summed E-state index contributed by atoms with van der Waals surface area (Å²) < 4.78 is 5.21. The van der Waals surface area contributed by atoms with E-state index in [0.717, 1.165) is 16.7 Å². The van der Waals surface area contributed by atoms with Gasteiger partial charge in [-0.25, -0.2) is 4.79 Å². The largest absolute Gasteiger partial charge is 0.354 e. The van der Waals surface area contributed by atoms with Crippen LogP contribution in [0, 0.1) is 12.8 Å². The topological polar surface area (TPSA) is 94.2 Å². The number of benzene rings is 1. The molecule has 1 saturated heterocycles. The molecule has 1 fully saturated rings. The third kappa shape index (κ3) is 4.06. The van der Waals surface area contributed by atoms with Crippen LogP contribution in [-0.2, 0) is 24.4 Å². The predicted molar refractivity (Wildman–Crippen MR) is 122 cm³/mol. The van der Waals surface area contributed by atoms with E-state index >= 15 is 0 Å². The van der Waals surface area contributed by atoms with Crippen molar-refractivity contribution in [1.29, 1.82) is 0 Å². The van der Waals surface area contributed by atoms with E-state index in [1.807, 2.05) is 39.1 Å². The minimum Gasteiger partial charge on any atom is -0.354 e. The fourth-order valence-corrected chi connectivity index (χ4v) is 4.43. The molecule has 0 radical (unpaired) electrons. The molecule has 9 heteroatoms. The molecule has 0 aliphatic carbocycles. The van der Waals surface area contributed by atoms with Crippen molar-refractivity contribution in [3.63, 3.8) is 0 Å². The van der Waals surface area contributed by atoms with Crippen LogP contribution in [0.1, 0.15) is 36.3 Å². The Kier molecular flexibility index (Phi) is 6.16. The third-order valence-corrected chi connectivity index (χ3v) is 6.16. The number of nitrogens with zero attached hydrogens (tertiary/aromatic N) is 5. The maximum atomic E-state index is 13.1. The summed E-state index contributed by atoms with van der Waals surface area (Å²) in [5.41, 5.74) is 3.04. The Bertz CT molecular complexity index is 1200. The van der Waals surface area contributed by atoms with E-state index in [4.69, 9.17) is 0 Å². The number of likely N-dealkylation sites (tertiary alicyclic amines) is 1. The van der Waals surface area contributed by atoms with Crippen LogP contribution in [0.5, 0.6) is 0 Å². The van der Waals surface area contributed by atoms with Crippen molar-refractivity contribution in [1.82, 2.24) is 29.1 Å². The fourth-order valence-electron chi connectivity index (χ4n) is 4.43. The van der Waals surface area contributed by atoms with Gasteiger partial charge in [0.1, 0.15) is 0 Å². The molecule has 0 bridgehead atoms. The minimum absolute atomic E-state index is 0.0283. The van der Waals surface area contributed by atoms with E-state index in [0.29, 0.717) is 51.3 Å². The highest BCUT2D eigenvalue weighted by Gasteiger charge is 2.31. The Morgan fingerprint density at radius 2 is 1.88 bits per heavy atom. The van der Waals surface area contributed by atoms with Gasteiger partial charge in [-0.1, -0.05) is 0 Å². The third-order valence-electron chi connectivity index (χ3n) is 6.16. The molecule has 170 valence electrons. The van der Waals surface area contributed by atoms with Gasteiger partial charge < -0.3 is 10.2 Å². The second kappa shape index (κ2) is 9.02. The number of carbonyl (C=O) groups excluding carboxylic acids is 2. The average Bonchev–Trinajstić information content (AvgIpc) is 3.50. The number of aromatic nitrogens is 4. The van der Waals surface area contributed by atoms with Crippen molar-refractivity contribution in [3.8, 4) is 0 Å². The molecule has 32 heavy (non-hydrogen) atoms. The Labute approximate surface area is 186 Å². The number of aryl methyl sites for hydroxylation is 3. The monoisotopic (exact) mass is 438 g/mol. The van der Waals surface area contributed by atoms with Crippen molar-refractivity contribution in [3.05, 3.63) is 52.2 Å². The molecule has 2 amide bonds. The molecule has 1 aromatic carbocycles. The Morgan fingerprint density at radius 3 is 2.56 bits per heavy atom. The second-order valence-electron chi connectivity index (χ2n) is 8.22. The quantitative estimate of drug-likeness (QED) is 0.607. The van der Waals surface area contributed by atoms with Crippen molar-refractivity contribution >= 4 is 22.8 Å². The molecule has 1 N–H and O–H groups in total. The zero-order valence-corrected chi connectivity index (χ0v) is 18.9. The lowest BCUT2D eigenvalue weighted by Crippen LogP contribution is -2.36. The summed E-state index contributed by atoms with van der Waals surface area (Å²) in [6.45, 7) is 8.98. The summed E-state index contributed by atoms with van der Waals surface area (Å²) in [6.07, 6.45) is 2.54. The molecule has 1 unspecified atom stereocenters. The van der Waals surface area contributed by atoms with E-state index in [-0.39, 0.29) is 23.4 Å². The van der Waals surface area contributed by atoms with Crippen molar-refractivity contribution < 1.29 is 9.59 Å². The van der Waals surface area contributed by atoms with Crippen LogP contribution in [0.4, 0.5) is 0 Å². The number of amides is 2. The summed E-state index contributed by atoms with van der Waals surface area (Å²) in [5, 5.41) is 7.27. The van der Waals surface area contributed by atoms with Crippen molar-refractivity contribution in [2.75, 3.05) is 19.6 Å². The summed E-state index contributed by atoms with van der Waals surface area (Å²) in [4.78, 5) is 40.0. The van der Waals surface area contributed by atoms with Crippen LogP contribution in [0.25, 0.3) is 11.0 Å². The lowest BCUT2D eigenvalue weighted by atomic mass is 10.1. The van der Waals surface area contributed by atoms with Gasteiger partial charge in [0, 0.05) is 44.5 Å². The first kappa shape index (κ1) is 21.9. The van der Waals surface area contributed by atoms with Gasteiger partial charge in [0.25, 0.3) is 5.91 Å². The highest BCUT2D eigenvalue weighted by Crippen LogP contribution is 2.22. The maximum Gasteiger partial charge on any atom is 0.329 e. The fraction of sp³-hybridized carbons (Fsp3) is 0.478. The summed E-state index contributed by atoms with van der Waals surface area (Å²) in [6, 6.07) is 7.34. The number of rotatable bonds is 7. The molecular formula is C23H30N6O3. The van der Waals surface area contributed by atoms with Gasteiger partial charge in [-0.3, -0.25) is 23.4 Å². The van der Waals surface area contributed by atoms with Crippen LogP contribution in [0.3, 0.4) is 0 Å². The van der Waals surface area contributed by atoms with Crippen molar-refractivity contribution in [2.45, 2.75) is 46.8 Å². The number of carbonyl (C=O) groups is 2. The Morgan fingerprint density at radius 1 is 1.12 bits per heavy atom. The zero-order valence-electron chi connectivity index (χ0n) is 18.9. The van der Waals surface area contributed by atoms with Gasteiger partial charge in [-0.05, 0) is 51.5 Å². The standard InChI is InChI=1S/C23H30N6O3/c1-4-28-19-7-6-17(14-20(19)29(5-2)23(28)32)22(31)26-11-9-18(15-26)21(30)24-10-13-27-12-8-16(3)25-27/h6-8,12,14,18H,4-5,9-11,13,15H2,1-3H3,(H,24,30). The highest BCUT2D eigenvalue weighted by molar-refractivity contribution is 5.98. The SMILES string of the molecule is CCn1c(=O)n(CC)c2cc(C(=O)N3CCC(C(=O)NCCn4ccc(C)n4)C3)ccc21. The smallest absolute Gasteiger partial charge is 0.329 e. The lowest BCUT2D eigenvalue weighted by molar-refractivity contribution is -0.124. The number of imidazole rings is 1. The van der Waals surface area contributed by atoms with Crippen LogP contribution in [0.15, 0.2) is 35.3 Å². The molecule has 1 aliphatic rings. The summed E-state index contributed by atoms with van der Waals surface area (Å²) in [5.74, 6) is -0.343. The van der Waals surface area contributed by atoms with Crippen LogP contribution in [-0.4, -0.2) is 55.3 Å². The Balaban J connectivity index is 1.40. The molecular weight excluding hydrogens is 408 g/mol. The maximum absolute atomic E-state index is 13.1. The first-order chi connectivity index (χ1) is 15.4. The molecule has 0 saturated carbocycles. The van der Waals surface area contributed by atoms with Gasteiger partial charge in [0.05, 0.1) is 29.2 Å². The molecule has 9 nitrogen and oxygen atoms in total. The second-order valence-corrected chi connectivity index (χ2v) is 8.22. The molecule has 4 rings (SSSR count). The van der Waals surface area contributed by atoms with Crippen molar-refractivity contribution in [2.24, 2.45) is 5.92 Å². The first-order valence-electron chi connectivity index (χ1n) is 11.2. The van der Waals surface area contributed by atoms with Gasteiger partial charge in [-0.15, -0.1) is 0 Å². The van der Waals surface area contributed by atoms with Gasteiger partial charge in [0.15, 0.2) is 0 Å². The number of fused-ring (bicyclic) bond motifs is 1. The summed E-state index contributed by atoms with van der Waals surface area (Å²) in [7, 11) is 0. The van der Waals surface area contributed by atoms with Crippen LogP contribution < -0.4 is 11.0 Å². The first-order valence-corrected chi connectivity index (χ1v) is 11.2. The van der Waals surface area contributed by atoms with Crippen LogP contribution in [0.2, 0.25) is 0 Å². The van der Waals surface area contributed by atoms with E-state index in [2.05, 4.69) is 10.4 Å². The molecule has 3 heterocycles. The van der Waals surface area contributed by atoms with E-state index in [1.54, 1.807) is 30.8 Å². The minimum atomic E-state index is -0.211. The van der Waals surface area contributed by atoms with Crippen LogP contribution >= 0.6 is 0 Å². The molecule has 0 spiro atoms.